The predicted molar refractivity (Wildman–Crippen MR) is 114 cm³/mol. The predicted octanol–water partition coefficient (Wildman–Crippen LogP) is 6.06. The second-order valence-corrected chi connectivity index (χ2v) is 10.7. The van der Waals surface area contributed by atoms with Crippen molar-refractivity contribution in [2.24, 2.45) is 34.5 Å². The molecule has 156 valence electrons. The zero-order valence-corrected chi connectivity index (χ0v) is 18.3. The minimum absolute atomic E-state index is 0.0263. The monoisotopic (exact) mass is 414 g/mol. The third-order valence-corrected chi connectivity index (χ3v) is 9.16. The van der Waals surface area contributed by atoms with E-state index in [1.54, 1.807) is 6.08 Å². The van der Waals surface area contributed by atoms with Gasteiger partial charge in [0.2, 0.25) is 0 Å². The molecule has 1 aromatic carbocycles. The minimum atomic E-state index is -0.170. The van der Waals surface area contributed by atoms with Crippen LogP contribution in [-0.4, -0.2) is 18.2 Å². The van der Waals surface area contributed by atoms with Crippen LogP contribution in [0.2, 0.25) is 5.02 Å². The lowest BCUT2D eigenvalue weighted by Gasteiger charge is -2.60. The molecule has 0 radical (unpaired) electrons. The van der Waals surface area contributed by atoms with Gasteiger partial charge in [-0.2, -0.15) is 0 Å². The van der Waals surface area contributed by atoms with Crippen molar-refractivity contribution in [1.82, 2.24) is 0 Å². The number of ether oxygens (including phenoxy) is 2. The van der Waals surface area contributed by atoms with E-state index in [1.807, 2.05) is 24.3 Å². The Bertz CT molecular complexity index is 833. The molecule has 3 aliphatic carbocycles. The molecule has 0 amide bonds. The Morgan fingerprint density at radius 3 is 2.62 bits per heavy atom. The number of carbonyl (C=O) groups excluding carboxylic acids is 1. The summed E-state index contributed by atoms with van der Waals surface area (Å²) < 4.78 is 12.3. The molecule has 1 aromatic rings. The second-order valence-electron chi connectivity index (χ2n) is 10.3. The molecule has 0 saturated heterocycles. The maximum Gasteiger partial charge on any atom is 0.330 e. The first kappa shape index (κ1) is 19.5. The average Bonchev–Trinajstić information content (AvgIpc) is 3.01. The average molecular weight is 415 g/mol. The standard InChI is InChI=1S/C25H31ClO3/c1-15-14-21-25(3,13-11-22(27)29-21)19-10-12-24(2)18(23(15)19)8-9-20(24)28-17-6-4-16(26)5-7-17/h4-7,11,13,15,18-21,23H,8-10,12,14H2,1-3H3/t15?,18-,19+,20?,21?,23-,24-,25+/m0/s1. The van der Waals surface area contributed by atoms with Crippen molar-refractivity contribution in [3.63, 3.8) is 0 Å². The normalized spacial score (nSPS) is 45.7. The Morgan fingerprint density at radius 1 is 1.10 bits per heavy atom. The summed E-state index contributed by atoms with van der Waals surface area (Å²) in [7, 11) is 0. The van der Waals surface area contributed by atoms with Gasteiger partial charge in [-0.1, -0.05) is 38.4 Å². The zero-order valence-electron chi connectivity index (χ0n) is 17.6. The van der Waals surface area contributed by atoms with Crippen LogP contribution in [-0.2, 0) is 9.53 Å². The Kier molecular flexibility index (Phi) is 4.55. The number of rotatable bonds is 2. The van der Waals surface area contributed by atoms with Gasteiger partial charge in [0.25, 0.3) is 0 Å². The molecule has 4 aliphatic rings. The van der Waals surface area contributed by atoms with E-state index in [0.717, 1.165) is 23.6 Å². The van der Waals surface area contributed by atoms with E-state index in [9.17, 15) is 4.79 Å². The molecular weight excluding hydrogens is 384 g/mol. The SMILES string of the molecule is CC1CC2OC(=O)C=C[C@]2(C)[C@@H]2CC[C@]3(C)C(Oc4ccc(Cl)cc4)CC[C@H]3[C@H]12. The lowest BCUT2D eigenvalue weighted by Crippen LogP contribution is -2.58. The first-order chi connectivity index (χ1) is 13.8. The molecule has 0 aromatic heterocycles. The fraction of sp³-hybridized carbons (Fsp3) is 0.640. The molecule has 1 heterocycles. The molecule has 3 nitrogen and oxygen atoms in total. The van der Waals surface area contributed by atoms with Crippen molar-refractivity contribution in [3.05, 3.63) is 41.4 Å². The Balaban J connectivity index is 1.42. The molecule has 0 spiro atoms. The van der Waals surface area contributed by atoms with E-state index in [2.05, 4.69) is 26.8 Å². The molecule has 0 bridgehead atoms. The summed E-state index contributed by atoms with van der Waals surface area (Å²) in [5, 5.41) is 0.744. The van der Waals surface area contributed by atoms with E-state index < -0.39 is 0 Å². The van der Waals surface area contributed by atoms with Crippen molar-refractivity contribution in [1.29, 1.82) is 0 Å². The third-order valence-electron chi connectivity index (χ3n) is 8.91. The van der Waals surface area contributed by atoms with E-state index in [-0.39, 0.29) is 29.0 Å². The van der Waals surface area contributed by atoms with E-state index in [1.165, 1.54) is 19.3 Å². The number of halogens is 1. The fourth-order valence-corrected chi connectivity index (χ4v) is 7.48. The summed E-state index contributed by atoms with van der Waals surface area (Å²) in [4.78, 5) is 11.9. The van der Waals surface area contributed by atoms with Crippen molar-refractivity contribution >= 4 is 17.6 Å². The largest absolute Gasteiger partial charge is 0.490 e. The molecular formula is C25H31ClO3. The topological polar surface area (TPSA) is 35.5 Å². The van der Waals surface area contributed by atoms with Gasteiger partial charge in [0.05, 0.1) is 0 Å². The Hall–Kier alpha value is -1.48. The van der Waals surface area contributed by atoms with Gasteiger partial charge in [0.1, 0.15) is 18.0 Å². The van der Waals surface area contributed by atoms with Crippen molar-refractivity contribution in [3.8, 4) is 5.75 Å². The van der Waals surface area contributed by atoms with Crippen molar-refractivity contribution in [2.45, 2.75) is 65.1 Å². The highest BCUT2D eigenvalue weighted by atomic mass is 35.5. The highest BCUT2D eigenvalue weighted by Crippen LogP contribution is 2.65. The number of esters is 1. The Labute approximate surface area is 178 Å². The maximum atomic E-state index is 11.9. The van der Waals surface area contributed by atoms with E-state index in [4.69, 9.17) is 21.1 Å². The zero-order chi connectivity index (χ0) is 20.4. The highest BCUT2D eigenvalue weighted by Gasteiger charge is 2.62. The molecule has 0 N–H and O–H groups in total. The van der Waals surface area contributed by atoms with E-state index in [0.29, 0.717) is 23.7 Å². The summed E-state index contributed by atoms with van der Waals surface area (Å²) in [5.41, 5.74) is 0.175. The molecule has 3 saturated carbocycles. The van der Waals surface area contributed by atoms with Gasteiger partial charge in [0.15, 0.2) is 0 Å². The highest BCUT2D eigenvalue weighted by molar-refractivity contribution is 6.30. The number of carbonyl (C=O) groups is 1. The molecule has 3 fully saturated rings. The number of benzene rings is 1. The first-order valence-corrected chi connectivity index (χ1v) is 11.5. The third kappa shape index (κ3) is 2.95. The van der Waals surface area contributed by atoms with Crippen LogP contribution in [0.3, 0.4) is 0 Å². The summed E-state index contributed by atoms with van der Waals surface area (Å²) in [6.07, 6.45) is 9.80. The molecule has 5 rings (SSSR count). The van der Waals surface area contributed by atoms with Gasteiger partial charge in [0, 0.05) is 21.9 Å². The first-order valence-electron chi connectivity index (χ1n) is 11.1. The molecule has 1 aliphatic heterocycles. The summed E-state index contributed by atoms with van der Waals surface area (Å²) in [6, 6.07) is 7.79. The summed E-state index contributed by atoms with van der Waals surface area (Å²) in [6.45, 7) is 7.16. The maximum absolute atomic E-state index is 11.9. The van der Waals surface area contributed by atoms with Gasteiger partial charge < -0.3 is 9.47 Å². The lowest BCUT2D eigenvalue weighted by atomic mass is 9.47. The lowest BCUT2D eigenvalue weighted by molar-refractivity contribution is -0.175. The summed E-state index contributed by atoms with van der Waals surface area (Å²) >= 11 is 6.04. The van der Waals surface area contributed by atoms with Gasteiger partial charge in [-0.15, -0.1) is 0 Å². The van der Waals surface area contributed by atoms with Gasteiger partial charge in [-0.05, 0) is 80.0 Å². The van der Waals surface area contributed by atoms with Crippen LogP contribution < -0.4 is 4.74 Å². The van der Waals surface area contributed by atoms with Crippen LogP contribution >= 0.6 is 11.6 Å². The van der Waals surface area contributed by atoms with Crippen LogP contribution in [0.15, 0.2) is 36.4 Å². The molecule has 29 heavy (non-hydrogen) atoms. The van der Waals surface area contributed by atoms with Gasteiger partial charge in [-0.3, -0.25) is 0 Å². The minimum Gasteiger partial charge on any atom is -0.490 e. The number of hydrogen-bond donors (Lipinski definition) is 0. The fourth-order valence-electron chi connectivity index (χ4n) is 7.36. The van der Waals surface area contributed by atoms with Gasteiger partial charge in [-0.25, -0.2) is 4.79 Å². The smallest absolute Gasteiger partial charge is 0.330 e. The van der Waals surface area contributed by atoms with Crippen LogP contribution in [0.25, 0.3) is 0 Å². The molecule has 4 heteroatoms. The second kappa shape index (κ2) is 6.77. The van der Waals surface area contributed by atoms with Crippen LogP contribution in [0.4, 0.5) is 0 Å². The van der Waals surface area contributed by atoms with Gasteiger partial charge >= 0.3 is 5.97 Å². The van der Waals surface area contributed by atoms with E-state index >= 15 is 0 Å². The molecule has 3 unspecified atom stereocenters. The molecule has 8 atom stereocenters. The quantitative estimate of drug-likeness (QED) is 0.552. The number of hydrogen-bond acceptors (Lipinski definition) is 3. The van der Waals surface area contributed by atoms with Crippen molar-refractivity contribution < 1.29 is 14.3 Å². The van der Waals surface area contributed by atoms with Crippen LogP contribution in [0.5, 0.6) is 5.75 Å². The van der Waals surface area contributed by atoms with Crippen molar-refractivity contribution in [2.75, 3.05) is 0 Å². The summed E-state index contributed by atoms with van der Waals surface area (Å²) in [5.74, 6) is 3.22. The number of fused-ring (bicyclic) bond motifs is 5. The van der Waals surface area contributed by atoms with Crippen LogP contribution in [0, 0.1) is 34.5 Å². The Morgan fingerprint density at radius 2 is 1.86 bits per heavy atom. The van der Waals surface area contributed by atoms with Crippen LogP contribution in [0.1, 0.15) is 52.9 Å².